The van der Waals surface area contributed by atoms with Gasteiger partial charge in [-0.05, 0) is 31.5 Å². The second-order valence-corrected chi connectivity index (χ2v) is 7.00. The van der Waals surface area contributed by atoms with Crippen LogP contribution in [0.1, 0.15) is 30.0 Å². The Labute approximate surface area is 144 Å². The largest absolute Gasteiger partial charge is 0.354 e. The number of nitrogens with one attached hydrogen (secondary N) is 2. The lowest BCUT2D eigenvalue weighted by atomic mass is 9.96. The summed E-state index contributed by atoms with van der Waals surface area (Å²) in [6.07, 6.45) is 5.79. The number of nitrogens with zero attached hydrogens (tertiary/aromatic N) is 2. The molecule has 5 nitrogen and oxygen atoms in total. The van der Waals surface area contributed by atoms with Crippen molar-refractivity contribution in [1.29, 1.82) is 0 Å². The van der Waals surface area contributed by atoms with Crippen LogP contribution in [0.25, 0.3) is 0 Å². The molecule has 2 aromatic rings. The lowest BCUT2D eigenvalue weighted by Gasteiger charge is -2.20. The first-order chi connectivity index (χ1) is 11.1. The van der Waals surface area contributed by atoms with E-state index in [9.17, 15) is 4.79 Å². The quantitative estimate of drug-likeness (QED) is 0.812. The molecule has 2 N–H and O–H groups in total. The third-order valence-electron chi connectivity index (χ3n) is 4.51. The Kier molecular flexibility index (Phi) is 4.55. The molecule has 1 aromatic heterocycles. The SMILES string of the molecule is CNC(C(=O)NCC1(c2ccccc2Br)CC1)c1cnn(C)c1. The second kappa shape index (κ2) is 6.45. The van der Waals surface area contributed by atoms with Crippen LogP contribution in [0.5, 0.6) is 0 Å². The molecule has 0 radical (unpaired) electrons. The molecule has 1 amide bonds. The van der Waals surface area contributed by atoms with Gasteiger partial charge in [0.25, 0.3) is 0 Å². The molecule has 6 heteroatoms. The molecule has 1 saturated carbocycles. The lowest BCUT2D eigenvalue weighted by Crippen LogP contribution is -2.39. The summed E-state index contributed by atoms with van der Waals surface area (Å²) in [7, 11) is 3.64. The van der Waals surface area contributed by atoms with Crippen LogP contribution in [0, 0.1) is 0 Å². The Balaban J connectivity index is 1.68. The van der Waals surface area contributed by atoms with Gasteiger partial charge in [0.05, 0.1) is 6.20 Å². The zero-order valence-electron chi connectivity index (χ0n) is 13.3. The van der Waals surface area contributed by atoms with E-state index < -0.39 is 0 Å². The third kappa shape index (κ3) is 3.33. The van der Waals surface area contributed by atoms with E-state index in [1.165, 1.54) is 5.56 Å². The van der Waals surface area contributed by atoms with Crippen molar-refractivity contribution in [3.63, 3.8) is 0 Å². The third-order valence-corrected chi connectivity index (χ3v) is 5.20. The van der Waals surface area contributed by atoms with Gasteiger partial charge in [0.2, 0.25) is 5.91 Å². The van der Waals surface area contributed by atoms with Crippen LogP contribution in [0.2, 0.25) is 0 Å². The molecular formula is C17H21BrN4O. The molecule has 1 aliphatic rings. The Bertz CT molecular complexity index is 708. The number of rotatable bonds is 6. The van der Waals surface area contributed by atoms with Gasteiger partial charge in [0.1, 0.15) is 6.04 Å². The number of hydrogen-bond acceptors (Lipinski definition) is 3. The van der Waals surface area contributed by atoms with Crippen molar-refractivity contribution < 1.29 is 4.79 Å². The molecule has 3 rings (SSSR count). The predicted molar refractivity (Wildman–Crippen MR) is 93.1 cm³/mol. The van der Waals surface area contributed by atoms with E-state index in [-0.39, 0.29) is 17.4 Å². The molecule has 1 aliphatic carbocycles. The van der Waals surface area contributed by atoms with Crippen molar-refractivity contribution in [2.45, 2.75) is 24.3 Å². The number of amides is 1. The van der Waals surface area contributed by atoms with Crippen molar-refractivity contribution in [2.24, 2.45) is 7.05 Å². The molecule has 1 unspecified atom stereocenters. The minimum absolute atomic E-state index is 0.0150. The van der Waals surface area contributed by atoms with Crippen LogP contribution < -0.4 is 10.6 Å². The first kappa shape index (κ1) is 16.2. The van der Waals surface area contributed by atoms with Gasteiger partial charge in [-0.3, -0.25) is 9.48 Å². The number of likely N-dealkylation sites (N-methyl/N-ethyl adjacent to an activating group) is 1. The van der Waals surface area contributed by atoms with Crippen molar-refractivity contribution in [1.82, 2.24) is 20.4 Å². The van der Waals surface area contributed by atoms with Crippen molar-refractivity contribution in [2.75, 3.05) is 13.6 Å². The summed E-state index contributed by atoms with van der Waals surface area (Å²) < 4.78 is 2.82. The summed E-state index contributed by atoms with van der Waals surface area (Å²) in [5.41, 5.74) is 2.23. The summed E-state index contributed by atoms with van der Waals surface area (Å²) in [5, 5.41) is 10.3. The van der Waals surface area contributed by atoms with E-state index in [4.69, 9.17) is 0 Å². The highest BCUT2D eigenvalue weighted by Gasteiger charge is 2.45. The van der Waals surface area contributed by atoms with Gasteiger partial charge in [-0.15, -0.1) is 0 Å². The number of aryl methyl sites for hydroxylation is 1. The van der Waals surface area contributed by atoms with Gasteiger partial charge < -0.3 is 10.6 Å². The van der Waals surface area contributed by atoms with Crippen LogP contribution >= 0.6 is 15.9 Å². The molecule has 1 fully saturated rings. The average molecular weight is 377 g/mol. The standard InChI is InChI=1S/C17H21BrN4O/c1-19-15(12-9-21-22(2)10-12)16(23)20-11-17(7-8-17)13-5-3-4-6-14(13)18/h3-6,9-10,15,19H,7-8,11H2,1-2H3,(H,20,23). The molecule has 0 bridgehead atoms. The van der Waals surface area contributed by atoms with E-state index in [0.29, 0.717) is 6.54 Å². The molecule has 0 saturated heterocycles. The van der Waals surface area contributed by atoms with Crippen molar-refractivity contribution in [3.05, 3.63) is 52.3 Å². The first-order valence-corrected chi connectivity index (χ1v) is 8.53. The van der Waals surface area contributed by atoms with Crippen molar-refractivity contribution >= 4 is 21.8 Å². The van der Waals surface area contributed by atoms with E-state index in [1.807, 2.05) is 25.4 Å². The highest BCUT2D eigenvalue weighted by Crippen LogP contribution is 2.49. The first-order valence-electron chi connectivity index (χ1n) is 7.74. The smallest absolute Gasteiger partial charge is 0.241 e. The molecule has 23 heavy (non-hydrogen) atoms. The normalized spacial score (nSPS) is 16.8. The monoisotopic (exact) mass is 376 g/mol. The van der Waals surface area contributed by atoms with Crippen LogP contribution in [0.3, 0.4) is 0 Å². The number of halogens is 1. The topological polar surface area (TPSA) is 59.0 Å². The van der Waals surface area contributed by atoms with Crippen LogP contribution in [-0.4, -0.2) is 29.3 Å². The van der Waals surface area contributed by atoms with E-state index in [2.05, 4.69) is 43.8 Å². The molecule has 122 valence electrons. The number of benzene rings is 1. The molecule has 1 heterocycles. The average Bonchev–Trinajstić information content (AvgIpc) is 3.21. The minimum atomic E-state index is -0.376. The van der Waals surface area contributed by atoms with Gasteiger partial charge in [-0.2, -0.15) is 5.10 Å². The summed E-state index contributed by atoms with van der Waals surface area (Å²) >= 11 is 3.63. The number of aromatic nitrogens is 2. The number of hydrogen-bond donors (Lipinski definition) is 2. The van der Waals surface area contributed by atoms with E-state index in [0.717, 1.165) is 22.9 Å². The van der Waals surface area contributed by atoms with Crippen molar-refractivity contribution in [3.8, 4) is 0 Å². The molecule has 1 atom stereocenters. The Morgan fingerprint density at radius 3 is 2.74 bits per heavy atom. The zero-order chi connectivity index (χ0) is 16.4. The van der Waals surface area contributed by atoms with Gasteiger partial charge in [-0.1, -0.05) is 34.1 Å². The fourth-order valence-electron chi connectivity index (χ4n) is 2.98. The van der Waals surface area contributed by atoms with Gasteiger partial charge in [0, 0.05) is 35.2 Å². The number of carbonyl (C=O) groups excluding carboxylic acids is 1. The highest BCUT2D eigenvalue weighted by atomic mass is 79.9. The summed E-state index contributed by atoms with van der Waals surface area (Å²) in [4.78, 5) is 12.6. The molecule has 0 spiro atoms. The minimum Gasteiger partial charge on any atom is -0.354 e. The molecule has 0 aliphatic heterocycles. The predicted octanol–water partition coefficient (Wildman–Crippen LogP) is 2.29. The second-order valence-electron chi connectivity index (χ2n) is 6.15. The zero-order valence-corrected chi connectivity index (χ0v) is 14.9. The summed E-state index contributed by atoms with van der Waals surface area (Å²) in [6.45, 7) is 0.660. The van der Waals surface area contributed by atoms with Crippen LogP contribution in [-0.2, 0) is 17.3 Å². The van der Waals surface area contributed by atoms with E-state index in [1.54, 1.807) is 17.9 Å². The van der Waals surface area contributed by atoms with Crippen LogP contribution in [0.15, 0.2) is 41.1 Å². The summed E-state index contributed by atoms with van der Waals surface area (Å²) in [5.74, 6) is -0.0150. The maximum absolute atomic E-state index is 12.6. The molecule has 1 aromatic carbocycles. The van der Waals surface area contributed by atoms with Gasteiger partial charge in [0.15, 0.2) is 0 Å². The fraction of sp³-hybridized carbons (Fsp3) is 0.412. The van der Waals surface area contributed by atoms with Gasteiger partial charge >= 0.3 is 0 Å². The maximum atomic E-state index is 12.6. The Morgan fingerprint density at radius 1 is 1.43 bits per heavy atom. The maximum Gasteiger partial charge on any atom is 0.241 e. The highest BCUT2D eigenvalue weighted by molar-refractivity contribution is 9.10. The Hall–Kier alpha value is -1.66. The van der Waals surface area contributed by atoms with E-state index >= 15 is 0 Å². The summed E-state index contributed by atoms with van der Waals surface area (Å²) in [6, 6.07) is 7.89. The Morgan fingerprint density at radius 2 is 2.17 bits per heavy atom. The number of carbonyl (C=O) groups is 1. The van der Waals surface area contributed by atoms with Crippen LogP contribution in [0.4, 0.5) is 0 Å². The lowest BCUT2D eigenvalue weighted by molar-refractivity contribution is -0.123. The van der Waals surface area contributed by atoms with Gasteiger partial charge in [-0.25, -0.2) is 0 Å². The fourth-order valence-corrected chi connectivity index (χ4v) is 3.69. The molecular weight excluding hydrogens is 356 g/mol.